The molecule has 3 N–H and O–H groups in total. The van der Waals surface area contributed by atoms with Crippen molar-refractivity contribution < 1.29 is 4.57 Å². The second-order valence-corrected chi connectivity index (χ2v) is 9.75. The summed E-state index contributed by atoms with van der Waals surface area (Å²) in [6, 6.07) is 12.6. The quantitative estimate of drug-likeness (QED) is 0.311. The van der Waals surface area contributed by atoms with Crippen LogP contribution in [-0.2, 0) is 13.5 Å². The number of anilines is 2. The smallest absolute Gasteiger partial charge is 0.232 e. The third-order valence-corrected chi connectivity index (χ3v) is 7.44. The Morgan fingerprint density at radius 2 is 2.09 bits per heavy atom. The van der Waals surface area contributed by atoms with Crippen LogP contribution in [0.1, 0.15) is 11.3 Å². The fraction of sp³-hybridized carbons (Fsp3) is 0.280. The molecule has 4 aromatic rings. The van der Waals surface area contributed by atoms with Crippen molar-refractivity contribution in [2.45, 2.75) is 16.5 Å². The van der Waals surface area contributed by atoms with E-state index in [0.717, 1.165) is 57.8 Å². The molecule has 2 aliphatic rings. The molecule has 1 aliphatic heterocycles. The van der Waals surface area contributed by atoms with Gasteiger partial charge in [-0.15, -0.1) is 0 Å². The van der Waals surface area contributed by atoms with Crippen molar-refractivity contribution in [1.29, 1.82) is 0 Å². The van der Waals surface area contributed by atoms with E-state index in [1.165, 1.54) is 16.7 Å². The van der Waals surface area contributed by atoms with Gasteiger partial charge in [0.1, 0.15) is 18.4 Å². The van der Waals surface area contributed by atoms with E-state index in [-0.39, 0.29) is 0 Å². The van der Waals surface area contributed by atoms with Gasteiger partial charge in [0.2, 0.25) is 5.52 Å². The third-order valence-electron chi connectivity index (χ3n) is 6.62. The van der Waals surface area contributed by atoms with Crippen LogP contribution in [0, 0.1) is 5.92 Å². The molecule has 4 heterocycles. The number of fused-ring (bicyclic) bond motifs is 4. The van der Waals surface area contributed by atoms with Crippen molar-refractivity contribution in [3.05, 3.63) is 60.0 Å². The van der Waals surface area contributed by atoms with E-state index in [1.807, 2.05) is 38.6 Å². The van der Waals surface area contributed by atoms with Crippen LogP contribution >= 0.6 is 11.8 Å². The summed E-state index contributed by atoms with van der Waals surface area (Å²) in [5.41, 5.74) is 13.9. The van der Waals surface area contributed by atoms with Crippen LogP contribution < -0.4 is 20.5 Å². The molecule has 0 unspecified atom stereocenters. The molecule has 1 aliphatic carbocycles. The number of hydrogen-bond acceptors (Lipinski definition) is 7. The summed E-state index contributed by atoms with van der Waals surface area (Å²) in [5.74, 6) is 1.56. The summed E-state index contributed by atoms with van der Waals surface area (Å²) in [7, 11) is 4.01. The first-order chi connectivity index (χ1) is 16.1. The first-order valence-electron chi connectivity index (χ1n) is 11.2. The van der Waals surface area contributed by atoms with Gasteiger partial charge in [-0.2, -0.15) is 4.57 Å². The zero-order valence-corrected chi connectivity index (χ0v) is 19.6. The van der Waals surface area contributed by atoms with E-state index in [9.17, 15) is 0 Å². The molecule has 1 fully saturated rings. The molecule has 1 aromatic carbocycles. The van der Waals surface area contributed by atoms with Crippen LogP contribution in [0.3, 0.4) is 0 Å². The highest BCUT2D eigenvalue weighted by atomic mass is 32.2. The normalized spacial score (nSPS) is 14.8. The SMILES string of the molecule is CNc1cccc2c1Cc1nc(Sc3cnc4ccc[n+](C)c4c3)nc(N3CC(CN)C3)c1-2. The number of hydrogen-bond donors (Lipinski definition) is 2. The van der Waals surface area contributed by atoms with Gasteiger partial charge in [0.05, 0.1) is 5.69 Å². The van der Waals surface area contributed by atoms with Crippen LogP contribution in [-0.4, -0.2) is 41.6 Å². The first kappa shape index (κ1) is 20.4. The van der Waals surface area contributed by atoms with Gasteiger partial charge >= 0.3 is 0 Å². The molecule has 0 atom stereocenters. The van der Waals surface area contributed by atoms with Crippen LogP contribution in [0.2, 0.25) is 0 Å². The Balaban J connectivity index is 1.42. The second kappa shape index (κ2) is 7.97. The fourth-order valence-electron chi connectivity index (χ4n) is 4.82. The summed E-state index contributed by atoms with van der Waals surface area (Å²) in [6.07, 6.45) is 4.76. The van der Waals surface area contributed by atoms with Gasteiger partial charge in [0.15, 0.2) is 11.4 Å². The van der Waals surface area contributed by atoms with Crippen LogP contribution in [0.4, 0.5) is 11.5 Å². The molecule has 0 bridgehead atoms. The number of aromatic nitrogens is 4. The van der Waals surface area contributed by atoms with E-state index >= 15 is 0 Å². The Bertz CT molecular complexity index is 1380. The topological polar surface area (TPSA) is 83.8 Å². The number of nitrogens with zero attached hydrogens (tertiary/aromatic N) is 5. The average molecular weight is 457 g/mol. The standard InChI is InChI=1S/C25H26N7S/c1-27-19-6-3-5-17-18(19)10-21-23(17)24(32-13-15(11-26)14-32)30-25(29-21)33-16-9-22-20(28-12-16)7-4-8-31(22)2/h3-9,12,15,27H,10-11,13-14,26H2,1-2H3/q+1. The zero-order valence-electron chi connectivity index (χ0n) is 18.7. The van der Waals surface area contributed by atoms with Gasteiger partial charge in [-0.3, -0.25) is 0 Å². The maximum atomic E-state index is 5.91. The van der Waals surface area contributed by atoms with Crippen molar-refractivity contribution >= 4 is 34.3 Å². The highest BCUT2D eigenvalue weighted by molar-refractivity contribution is 7.99. The molecule has 0 amide bonds. The third kappa shape index (κ3) is 3.41. The van der Waals surface area contributed by atoms with Crippen molar-refractivity contribution in [2.24, 2.45) is 18.7 Å². The highest BCUT2D eigenvalue weighted by Crippen LogP contribution is 2.46. The van der Waals surface area contributed by atoms with E-state index in [0.29, 0.717) is 12.5 Å². The Labute approximate surface area is 197 Å². The Morgan fingerprint density at radius 3 is 2.91 bits per heavy atom. The number of aryl methyl sites for hydroxylation is 1. The average Bonchev–Trinajstić information content (AvgIpc) is 3.17. The van der Waals surface area contributed by atoms with Crippen molar-refractivity contribution in [1.82, 2.24) is 15.0 Å². The van der Waals surface area contributed by atoms with E-state index < -0.39 is 0 Å². The minimum absolute atomic E-state index is 0.529. The summed E-state index contributed by atoms with van der Waals surface area (Å²) in [4.78, 5) is 18.1. The maximum absolute atomic E-state index is 5.91. The Hall–Kier alpha value is -3.23. The molecule has 6 rings (SSSR count). The van der Waals surface area contributed by atoms with Crippen molar-refractivity contribution in [3.63, 3.8) is 0 Å². The van der Waals surface area contributed by atoms with Crippen molar-refractivity contribution in [2.75, 3.05) is 36.9 Å². The summed E-state index contributed by atoms with van der Waals surface area (Å²) in [6.45, 7) is 2.60. The van der Waals surface area contributed by atoms with Gasteiger partial charge in [0.25, 0.3) is 0 Å². The fourth-order valence-corrected chi connectivity index (χ4v) is 5.59. The molecular weight excluding hydrogens is 430 g/mol. The van der Waals surface area contributed by atoms with E-state index in [1.54, 1.807) is 11.8 Å². The summed E-state index contributed by atoms with van der Waals surface area (Å²) < 4.78 is 2.09. The molecule has 8 heteroatoms. The highest BCUT2D eigenvalue weighted by Gasteiger charge is 2.34. The minimum atomic E-state index is 0.529. The Morgan fingerprint density at radius 1 is 1.21 bits per heavy atom. The maximum Gasteiger partial charge on any atom is 0.232 e. The van der Waals surface area contributed by atoms with Crippen molar-refractivity contribution in [3.8, 4) is 11.1 Å². The second-order valence-electron chi connectivity index (χ2n) is 8.71. The molecule has 7 nitrogen and oxygen atoms in total. The lowest BCUT2D eigenvalue weighted by molar-refractivity contribution is -0.645. The zero-order chi connectivity index (χ0) is 22.5. The predicted molar refractivity (Wildman–Crippen MR) is 132 cm³/mol. The number of rotatable bonds is 5. The largest absolute Gasteiger partial charge is 0.388 e. The van der Waals surface area contributed by atoms with Gasteiger partial charge in [-0.25, -0.2) is 15.0 Å². The van der Waals surface area contributed by atoms with Crippen LogP contribution in [0.15, 0.2) is 58.8 Å². The molecule has 166 valence electrons. The van der Waals surface area contributed by atoms with E-state index in [2.05, 4.69) is 44.0 Å². The summed E-state index contributed by atoms with van der Waals surface area (Å²) in [5, 5.41) is 4.10. The number of nitrogens with two attached hydrogens (primary N) is 1. The molecule has 1 saturated heterocycles. The first-order valence-corrected chi connectivity index (χ1v) is 12.0. The number of benzene rings is 1. The minimum Gasteiger partial charge on any atom is -0.388 e. The van der Waals surface area contributed by atoms with Crippen LogP contribution in [0.25, 0.3) is 22.2 Å². The van der Waals surface area contributed by atoms with Gasteiger partial charge in [0, 0.05) is 67.0 Å². The molecule has 0 saturated carbocycles. The Kier molecular flexibility index (Phi) is 4.92. The molecule has 33 heavy (non-hydrogen) atoms. The van der Waals surface area contributed by atoms with E-state index in [4.69, 9.17) is 15.7 Å². The lowest BCUT2D eigenvalue weighted by atomic mass is 9.98. The summed E-state index contributed by atoms with van der Waals surface area (Å²) >= 11 is 1.57. The van der Waals surface area contributed by atoms with Crippen LogP contribution in [0.5, 0.6) is 0 Å². The molecular formula is C25H26N7S+. The van der Waals surface area contributed by atoms with Gasteiger partial charge < -0.3 is 16.0 Å². The van der Waals surface area contributed by atoms with Gasteiger partial charge in [-0.05, 0) is 41.6 Å². The number of pyridine rings is 2. The van der Waals surface area contributed by atoms with Gasteiger partial charge in [-0.1, -0.05) is 12.1 Å². The lowest BCUT2D eigenvalue weighted by Crippen LogP contribution is -2.50. The predicted octanol–water partition coefficient (Wildman–Crippen LogP) is 3.01. The molecule has 0 spiro atoms. The lowest BCUT2D eigenvalue weighted by Gasteiger charge is -2.40. The molecule has 3 aromatic heterocycles. The number of nitrogens with one attached hydrogen (secondary N) is 1. The monoisotopic (exact) mass is 456 g/mol. The molecule has 0 radical (unpaired) electrons.